The van der Waals surface area contributed by atoms with Crippen molar-refractivity contribution >= 4 is 17.3 Å². The van der Waals surface area contributed by atoms with Crippen molar-refractivity contribution in [2.24, 2.45) is 5.41 Å². The number of nitrogens with one attached hydrogen (secondary N) is 1. The second-order valence-corrected chi connectivity index (χ2v) is 9.18. The Balaban J connectivity index is 2.05. The van der Waals surface area contributed by atoms with E-state index in [1.807, 2.05) is 45.0 Å². The molecule has 0 radical (unpaired) electrons. The number of nitrogen functional groups attached to an aromatic ring is 1. The molecule has 28 heavy (non-hydrogen) atoms. The van der Waals surface area contributed by atoms with E-state index in [0.717, 1.165) is 37.2 Å². The number of hydrogen-bond acceptors (Lipinski definition) is 3. The van der Waals surface area contributed by atoms with E-state index in [4.69, 9.17) is 22.1 Å². The highest BCUT2D eigenvalue weighted by molar-refractivity contribution is 6.33. The van der Waals surface area contributed by atoms with Gasteiger partial charge in [-0.05, 0) is 68.1 Å². The van der Waals surface area contributed by atoms with E-state index in [9.17, 15) is 0 Å². The van der Waals surface area contributed by atoms with Crippen LogP contribution in [-0.4, -0.2) is 19.2 Å². The number of alkyl halides is 1. The molecule has 0 saturated carbocycles. The van der Waals surface area contributed by atoms with Crippen molar-refractivity contribution in [3.05, 3.63) is 47.0 Å². The Morgan fingerprint density at radius 2 is 1.79 bits per heavy atom. The van der Waals surface area contributed by atoms with Crippen LogP contribution in [0.15, 0.2) is 36.4 Å². The Morgan fingerprint density at radius 1 is 1.11 bits per heavy atom. The lowest BCUT2D eigenvalue weighted by Crippen LogP contribution is -2.34. The van der Waals surface area contributed by atoms with Crippen molar-refractivity contribution in [3.63, 3.8) is 0 Å². The van der Waals surface area contributed by atoms with E-state index in [1.165, 1.54) is 0 Å². The van der Waals surface area contributed by atoms with Crippen LogP contribution in [0.25, 0.3) is 11.1 Å². The molecular weight excluding hydrogens is 375 g/mol. The molecule has 5 heteroatoms. The molecule has 0 aromatic heterocycles. The fourth-order valence-electron chi connectivity index (χ4n) is 3.53. The molecule has 0 amide bonds. The molecule has 3 nitrogen and oxygen atoms in total. The van der Waals surface area contributed by atoms with Crippen LogP contribution in [-0.2, 0) is 5.67 Å². The molecule has 1 atom stereocenters. The first-order valence-electron chi connectivity index (χ1n) is 9.86. The van der Waals surface area contributed by atoms with Gasteiger partial charge >= 0.3 is 0 Å². The lowest BCUT2D eigenvalue weighted by atomic mass is 9.72. The summed E-state index contributed by atoms with van der Waals surface area (Å²) in [6.07, 6.45) is 2.15. The number of anilines is 1. The maximum Gasteiger partial charge on any atom is 0.138 e. The Kier molecular flexibility index (Phi) is 5.92. The minimum Gasteiger partial charge on any atom is -0.490 e. The van der Waals surface area contributed by atoms with Crippen LogP contribution in [0.1, 0.15) is 46.1 Å². The summed E-state index contributed by atoms with van der Waals surface area (Å²) >= 11 is 6.57. The first kappa shape index (κ1) is 20.9. The molecule has 0 bridgehead atoms. The number of nitrogens with two attached hydrogens (primary N) is 1. The molecule has 1 aliphatic rings. The number of rotatable bonds is 4. The molecule has 3 N–H and O–H groups in total. The van der Waals surface area contributed by atoms with E-state index in [2.05, 4.69) is 5.32 Å². The first-order valence-corrected chi connectivity index (χ1v) is 10.2. The Hall–Kier alpha value is -1.78. The standard InChI is InChI=1S/C23H30ClFN2O/c1-22(2,3)23(4,25)19-13-16(26)14-20(24)21(19)15-6-5-7-18(12-15)28-17-8-10-27-11-9-17/h5-7,12-14,17,27H,8-11,26H2,1-4H3. The van der Waals surface area contributed by atoms with Crippen molar-refractivity contribution in [1.29, 1.82) is 0 Å². The van der Waals surface area contributed by atoms with Gasteiger partial charge in [0.1, 0.15) is 17.5 Å². The number of hydrogen-bond donors (Lipinski definition) is 2. The molecular formula is C23H30ClFN2O. The van der Waals surface area contributed by atoms with E-state index in [0.29, 0.717) is 21.8 Å². The van der Waals surface area contributed by atoms with Gasteiger partial charge in [-0.25, -0.2) is 4.39 Å². The van der Waals surface area contributed by atoms with E-state index >= 15 is 4.39 Å². The normalized spacial score (nSPS) is 17.9. The molecule has 152 valence electrons. The Labute approximate surface area is 172 Å². The predicted octanol–water partition coefficient (Wildman–Crippen LogP) is 5.95. The molecule has 0 aliphatic carbocycles. The Morgan fingerprint density at radius 3 is 2.43 bits per heavy atom. The van der Waals surface area contributed by atoms with Gasteiger partial charge in [-0.1, -0.05) is 44.5 Å². The summed E-state index contributed by atoms with van der Waals surface area (Å²) in [5, 5.41) is 3.78. The van der Waals surface area contributed by atoms with E-state index < -0.39 is 11.1 Å². The molecule has 0 spiro atoms. The summed E-state index contributed by atoms with van der Waals surface area (Å²) < 4.78 is 22.1. The third-order valence-electron chi connectivity index (χ3n) is 5.74. The van der Waals surface area contributed by atoms with Crippen molar-refractivity contribution in [2.75, 3.05) is 18.8 Å². The number of piperidine rings is 1. The van der Waals surface area contributed by atoms with Crippen molar-refractivity contribution < 1.29 is 9.13 Å². The van der Waals surface area contributed by atoms with Gasteiger partial charge in [0.15, 0.2) is 0 Å². The predicted molar refractivity (Wildman–Crippen MR) is 116 cm³/mol. The van der Waals surface area contributed by atoms with Gasteiger partial charge in [-0.15, -0.1) is 0 Å². The van der Waals surface area contributed by atoms with Gasteiger partial charge in [0.2, 0.25) is 0 Å². The quantitative estimate of drug-likeness (QED) is 0.619. The number of ether oxygens (including phenoxy) is 1. The zero-order valence-corrected chi connectivity index (χ0v) is 17.9. The SMILES string of the molecule is CC(C)(C)C(C)(F)c1cc(N)cc(Cl)c1-c1cccc(OC2CCNCC2)c1. The highest BCUT2D eigenvalue weighted by Crippen LogP contribution is 2.49. The molecule has 1 saturated heterocycles. The molecule has 2 aromatic carbocycles. The average Bonchev–Trinajstić information content (AvgIpc) is 2.61. The van der Waals surface area contributed by atoms with Crippen LogP contribution in [0, 0.1) is 5.41 Å². The third-order valence-corrected chi connectivity index (χ3v) is 6.04. The maximum atomic E-state index is 16.0. The van der Waals surface area contributed by atoms with Crippen LogP contribution in [0.3, 0.4) is 0 Å². The van der Waals surface area contributed by atoms with Crippen molar-refractivity contribution in [2.45, 2.75) is 52.3 Å². The van der Waals surface area contributed by atoms with Crippen LogP contribution in [0.4, 0.5) is 10.1 Å². The molecule has 1 fully saturated rings. The average molecular weight is 405 g/mol. The van der Waals surface area contributed by atoms with Crippen molar-refractivity contribution in [3.8, 4) is 16.9 Å². The highest BCUT2D eigenvalue weighted by Gasteiger charge is 2.41. The number of halogens is 2. The topological polar surface area (TPSA) is 47.3 Å². The lowest BCUT2D eigenvalue weighted by Gasteiger charge is -2.37. The molecule has 2 aromatic rings. The molecule has 1 aliphatic heterocycles. The maximum absolute atomic E-state index is 16.0. The van der Waals surface area contributed by atoms with Crippen LogP contribution in [0.2, 0.25) is 5.02 Å². The van der Waals surface area contributed by atoms with Gasteiger partial charge in [0.25, 0.3) is 0 Å². The zero-order chi connectivity index (χ0) is 20.5. The van der Waals surface area contributed by atoms with Gasteiger partial charge in [0, 0.05) is 16.8 Å². The summed E-state index contributed by atoms with van der Waals surface area (Å²) in [7, 11) is 0. The zero-order valence-electron chi connectivity index (χ0n) is 17.1. The second kappa shape index (κ2) is 7.92. The summed E-state index contributed by atoms with van der Waals surface area (Å²) in [5.74, 6) is 0.777. The number of benzene rings is 2. The van der Waals surface area contributed by atoms with E-state index in [1.54, 1.807) is 19.1 Å². The second-order valence-electron chi connectivity index (χ2n) is 8.77. The Bertz CT molecular complexity index is 839. The van der Waals surface area contributed by atoms with Crippen LogP contribution < -0.4 is 15.8 Å². The van der Waals surface area contributed by atoms with Crippen molar-refractivity contribution in [1.82, 2.24) is 5.32 Å². The minimum absolute atomic E-state index is 0.193. The van der Waals surface area contributed by atoms with Gasteiger partial charge < -0.3 is 15.8 Å². The van der Waals surface area contributed by atoms with E-state index in [-0.39, 0.29) is 6.10 Å². The first-order chi connectivity index (χ1) is 13.1. The van der Waals surface area contributed by atoms with Gasteiger partial charge in [-0.2, -0.15) is 0 Å². The third kappa shape index (κ3) is 4.28. The molecule has 1 heterocycles. The molecule has 3 rings (SSSR count). The molecule has 1 unspecified atom stereocenters. The summed E-state index contributed by atoms with van der Waals surface area (Å²) in [6.45, 7) is 9.16. The highest BCUT2D eigenvalue weighted by atomic mass is 35.5. The minimum atomic E-state index is -1.62. The fraction of sp³-hybridized carbons (Fsp3) is 0.478. The van der Waals surface area contributed by atoms with Crippen LogP contribution in [0.5, 0.6) is 5.75 Å². The monoisotopic (exact) mass is 404 g/mol. The summed E-state index contributed by atoms with van der Waals surface area (Å²) in [6, 6.07) is 11.1. The van der Waals surface area contributed by atoms with Crippen LogP contribution >= 0.6 is 11.6 Å². The van der Waals surface area contributed by atoms with Gasteiger partial charge in [-0.3, -0.25) is 0 Å². The summed E-state index contributed by atoms with van der Waals surface area (Å²) in [4.78, 5) is 0. The van der Waals surface area contributed by atoms with Gasteiger partial charge in [0.05, 0.1) is 5.02 Å². The fourth-order valence-corrected chi connectivity index (χ4v) is 3.86. The summed E-state index contributed by atoms with van der Waals surface area (Å²) in [5.41, 5.74) is 6.24. The largest absolute Gasteiger partial charge is 0.490 e. The lowest BCUT2D eigenvalue weighted by molar-refractivity contribution is 0.0459. The smallest absolute Gasteiger partial charge is 0.138 e.